The molecule has 1 aromatic rings. The summed E-state index contributed by atoms with van der Waals surface area (Å²) < 4.78 is 24.6. The van der Waals surface area contributed by atoms with Crippen molar-refractivity contribution in [3.8, 4) is 0 Å². The summed E-state index contributed by atoms with van der Waals surface area (Å²) >= 11 is 0. The lowest BCUT2D eigenvalue weighted by Gasteiger charge is -2.18. The molecule has 0 bridgehead atoms. The molecule has 0 aromatic carbocycles. The van der Waals surface area contributed by atoms with E-state index in [1.54, 1.807) is 20.4 Å². The molecule has 6 nitrogen and oxygen atoms in total. The highest BCUT2D eigenvalue weighted by Gasteiger charge is 2.17. The smallest absolute Gasteiger partial charge is 0.215 e. The minimum atomic E-state index is -3.16. The molecule has 1 aromatic heterocycles. The molecule has 0 radical (unpaired) electrons. The lowest BCUT2D eigenvalue weighted by atomic mass is 9.96. The van der Waals surface area contributed by atoms with Gasteiger partial charge in [0.1, 0.15) is 12.1 Å². The summed E-state index contributed by atoms with van der Waals surface area (Å²) in [7, 11) is -0.0751. The van der Waals surface area contributed by atoms with Crippen LogP contribution in [0.2, 0.25) is 0 Å². The van der Waals surface area contributed by atoms with Crippen molar-refractivity contribution >= 4 is 15.8 Å². The number of rotatable bonds is 5. The number of nitrogens with one attached hydrogen (secondary N) is 1. The maximum atomic E-state index is 11.7. The molecule has 0 spiro atoms. The van der Waals surface area contributed by atoms with Crippen molar-refractivity contribution in [3.63, 3.8) is 0 Å². The molecule has 0 unspecified atom stereocenters. The molecule has 0 saturated carbocycles. The predicted molar refractivity (Wildman–Crippen MR) is 74.6 cm³/mol. The van der Waals surface area contributed by atoms with Crippen LogP contribution in [0.3, 0.4) is 0 Å². The molecule has 0 aliphatic heterocycles. The van der Waals surface area contributed by atoms with E-state index in [0.717, 1.165) is 36.3 Å². The highest BCUT2D eigenvalue weighted by molar-refractivity contribution is 7.89. The molecule has 2 rings (SSSR count). The second-order valence-corrected chi connectivity index (χ2v) is 7.18. The SMILES string of the molecule is CN(C)S(=O)(=O)CCNc1ncnc2c1CCCC2. The molecule has 106 valence electrons. The molecule has 0 saturated heterocycles. The lowest BCUT2D eigenvalue weighted by molar-refractivity contribution is 0.521. The fourth-order valence-electron chi connectivity index (χ4n) is 2.15. The average molecular weight is 284 g/mol. The molecule has 1 aliphatic rings. The third-order valence-electron chi connectivity index (χ3n) is 3.33. The van der Waals surface area contributed by atoms with Crippen LogP contribution in [0.25, 0.3) is 0 Å². The predicted octanol–water partition coefficient (Wildman–Crippen LogP) is 0.659. The Labute approximate surface area is 114 Å². The van der Waals surface area contributed by atoms with Gasteiger partial charge in [-0.05, 0) is 25.7 Å². The maximum absolute atomic E-state index is 11.7. The van der Waals surface area contributed by atoms with Gasteiger partial charge in [0, 0.05) is 31.9 Å². The molecule has 1 aliphatic carbocycles. The number of nitrogens with zero attached hydrogens (tertiary/aromatic N) is 3. The summed E-state index contributed by atoms with van der Waals surface area (Å²) in [6.45, 7) is 0.365. The van der Waals surface area contributed by atoms with Crippen LogP contribution < -0.4 is 5.32 Å². The van der Waals surface area contributed by atoms with Crippen molar-refractivity contribution in [1.82, 2.24) is 14.3 Å². The van der Waals surface area contributed by atoms with Crippen LogP contribution in [-0.2, 0) is 22.9 Å². The van der Waals surface area contributed by atoms with E-state index in [0.29, 0.717) is 6.54 Å². The van der Waals surface area contributed by atoms with Crippen LogP contribution in [0.4, 0.5) is 5.82 Å². The number of anilines is 1. The van der Waals surface area contributed by atoms with Crippen LogP contribution in [0, 0.1) is 0 Å². The molecular weight excluding hydrogens is 264 g/mol. The van der Waals surface area contributed by atoms with Gasteiger partial charge in [-0.25, -0.2) is 22.7 Å². The van der Waals surface area contributed by atoms with E-state index in [1.165, 1.54) is 10.7 Å². The minimum absolute atomic E-state index is 0.0682. The number of hydrogen-bond acceptors (Lipinski definition) is 5. The fourth-order valence-corrected chi connectivity index (χ4v) is 2.88. The van der Waals surface area contributed by atoms with Crippen molar-refractivity contribution < 1.29 is 8.42 Å². The Morgan fingerprint density at radius 2 is 2.00 bits per heavy atom. The van der Waals surface area contributed by atoms with Gasteiger partial charge in [0.15, 0.2) is 0 Å². The second kappa shape index (κ2) is 5.83. The first-order valence-corrected chi connectivity index (χ1v) is 8.08. The van der Waals surface area contributed by atoms with Crippen LogP contribution in [0.5, 0.6) is 0 Å². The van der Waals surface area contributed by atoms with Crippen molar-refractivity contribution in [2.24, 2.45) is 0 Å². The Morgan fingerprint density at radius 1 is 1.26 bits per heavy atom. The number of fused-ring (bicyclic) bond motifs is 1. The van der Waals surface area contributed by atoms with Gasteiger partial charge < -0.3 is 5.32 Å². The zero-order valence-corrected chi connectivity index (χ0v) is 12.2. The van der Waals surface area contributed by atoms with E-state index in [4.69, 9.17) is 0 Å². The number of sulfonamides is 1. The molecule has 0 fully saturated rings. The van der Waals surface area contributed by atoms with Gasteiger partial charge in [0.25, 0.3) is 0 Å². The van der Waals surface area contributed by atoms with Gasteiger partial charge in [0.2, 0.25) is 10.0 Å². The standard InChI is InChI=1S/C12H20N4O2S/c1-16(2)19(17,18)8-7-13-12-10-5-3-4-6-11(10)14-9-15-12/h9H,3-8H2,1-2H3,(H,13,14,15). The Hall–Kier alpha value is -1.21. The van der Waals surface area contributed by atoms with Crippen LogP contribution in [-0.4, -0.2) is 49.1 Å². The monoisotopic (exact) mass is 284 g/mol. The van der Waals surface area contributed by atoms with E-state index in [9.17, 15) is 8.42 Å². The summed E-state index contributed by atoms with van der Waals surface area (Å²) in [5.74, 6) is 0.859. The first-order chi connectivity index (χ1) is 9.00. The van der Waals surface area contributed by atoms with Crippen molar-refractivity contribution in [2.75, 3.05) is 31.7 Å². The minimum Gasteiger partial charge on any atom is -0.369 e. The van der Waals surface area contributed by atoms with Crippen molar-refractivity contribution in [2.45, 2.75) is 25.7 Å². The van der Waals surface area contributed by atoms with Crippen LogP contribution in [0.1, 0.15) is 24.1 Å². The first kappa shape index (κ1) is 14.2. The largest absolute Gasteiger partial charge is 0.369 e. The van der Waals surface area contributed by atoms with E-state index in [2.05, 4.69) is 15.3 Å². The number of aromatic nitrogens is 2. The molecule has 19 heavy (non-hydrogen) atoms. The topological polar surface area (TPSA) is 75.2 Å². The molecule has 0 atom stereocenters. The summed E-state index contributed by atoms with van der Waals surface area (Å²) in [6, 6.07) is 0. The third kappa shape index (κ3) is 3.42. The molecular formula is C12H20N4O2S. The van der Waals surface area contributed by atoms with E-state index in [1.807, 2.05) is 0 Å². The van der Waals surface area contributed by atoms with Gasteiger partial charge in [-0.3, -0.25) is 0 Å². The van der Waals surface area contributed by atoms with E-state index in [-0.39, 0.29) is 5.75 Å². The zero-order chi connectivity index (χ0) is 13.9. The Balaban J connectivity index is 2.01. The van der Waals surface area contributed by atoms with Gasteiger partial charge >= 0.3 is 0 Å². The Morgan fingerprint density at radius 3 is 2.74 bits per heavy atom. The Kier molecular flexibility index (Phi) is 4.36. The summed E-state index contributed by atoms with van der Waals surface area (Å²) in [4.78, 5) is 8.51. The fraction of sp³-hybridized carbons (Fsp3) is 0.667. The molecule has 1 N–H and O–H groups in total. The van der Waals surface area contributed by atoms with Gasteiger partial charge in [-0.2, -0.15) is 0 Å². The zero-order valence-electron chi connectivity index (χ0n) is 11.4. The van der Waals surface area contributed by atoms with E-state index < -0.39 is 10.0 Å². The molecule has 1 heterocycles. The molecule has 0 amide bonds. The van der Waals surface area contributed by atoms with Gasteiger partial charge in [0.05, 0.1) is 5.75 Å². The van der Waals surface area contributed by atoms with Crippen molar-refractivity contribution in [3.05, 3.63) is 17.6 Å². The van der Waals surface area contributed by atoms with Crippen LogP contribution >= 0.6 is 0 Å². The maximum Gasteiger partial charge on any atom is 0.215 e. The number of hydrogen-bond donors (Lipinski definition) is 1. The normalized spacial score (nSPS) is 15.3. The highest BCUT2D eigenvalue weighted by atomic mass is 32.2. The average Bonchev–Trinajstić information content (AvgIpc) is 2.38. The summed E-state index contributed by atoms with van der Waals surface area (Å²) in [6.07, 6.45) is 5.82. The summed E-state index contributed by atoms with van der Waals surface area (Å²) in [5, 5.41) is 3.13. The second-order valence-electron chi connectivity index (χ2n) is 4.88. The quantitative estimate of drug-likeness (QED) is 0.859. The number of aryl methyl sites for hydroxylation is 1. The van der Waals surface area contributed by atoms with Crippen molar-refractivity contribution in [1.29, 1.82) is 0 Å². The highest BCUT2D eigenvalue weighted by Crippen LogP contribution is 2.24. The summed E-state index contributed by atoms with van der Waals surface area (Å²) in [5.41, 5.74) is 2.25. The van der Waals surface area contributed by atoms with Crippen LogP contribution in [0.15, 0.2) is 6.33 Å². The Bertz CT molecular complexity index is 543. The van der Waals surface area contributed by atoms with E-state index >= 15 is 0 Å². The van der Waals surface area contributed by atoms with Gasteiger partial charge in [-0.15, -0.1) is 0 Å². The van der Waals surface area contributed by atoms with Gasteiger partial charge in [-0.1, -0.05) is 0 Å². The third-order valence-corrected chi connectivity index (χ3v) is 5.17. The molecule has 7 heteroatoms. The lowest BCUT2D eigenvalue weighted by Crippen LogP contribution is -2.29. The first-order valence-electron chi connectivity index (χ1n) is 6.47.